The lowest BCUT2D eigenvalue weighted by molar-refractivity contribution is 0.0957. The highest BCUT2D eigenvalue weighted by molar-refractivity contribution is 5.91. The Kier molecular flexibility index (Phi) is 4.31. The maximum Gasteiger partial charge on any atom is 0.271 e. The van der Waals surface area contributed by atoms with Crippen LogP contribution < -0.4 is 16.0 Å². The largest absolute Gasteiger partial charge is 0.355 e. The summed E-state index contributed by atoms with van der Waals surface area (Å²) in [6.07, 6.45) is 4.27. The number of hydrogen-bond donors (Lipinski definition) is 2. The third-order valence-electron chi connectivity index (χ3n) is 3.76. The van der Waals surface area contributed by atoms with Crippen LogP contribution in [-0.2, 0) is 0 Å². The number of amides is 1. The monoisotopic (exact) mass is 263 g/mol. The average Bonchev–Trinajstić information content (AvgIpc) is 2.46. The Bertz CT molecular complexity index is 425. The van der Waals surface area contributed by atoms with Gasteiger partial charge in [0.1, 0.15) is 0 Å². The van der Waals surface area contributed by atoms with Gasteiger partial charge in [-0.15, -0.1) is 10.2 Å². The van der Waals surface area contributed by atoms with Crippen LogP contribution in [0, 0.1) is 0 Å². The topological polar surface area (TPSA) is 84.1 Å². The summed E-state index contributed by atoms with van der Waals surface area (Å²) in [5, 5.41) is 10.6. The van der Waals surface area contributed by atoms with E-state index in [1.165, 1.54) is 0 Å². The van der Waals surface area contributed by atoms with E-state index < -0.39 is 0 Å². The number of rotatable bonds is 3. The van der Waals surface area contributed by atoms with E-state index in [1.807, 2.05) is 13.1 Å². The summed E-state index contributed by atoms with van der Waals surface area (Å²) in [4.78, 5) is 13.5. The molecular weight excluding hydrogens is 242 g/mol. The second-order valence-corrected chi connectivity index (χ2v) is 5.04. The van der Waals surface area contributed by atoms with Gasteiger partial charge in [-0.05, 0) is 37.8 Å². The van der Waals surface area contributed by atoms with E-state index in [9.17, 15) is 4.79 Å². The summed E-state index contributed by atoms with van der Waals surface area (Å²) in [5.41, 5.74) is 6.25. The van der Waals surface area contributed by atoms with Gasteiger partial charge < -0.3 is 16.0 Å². The lowest BCUT2D eigenvalue weighted by Gasteiger charge is -2.33. The van der Waals surface area contributed by atoms with Crippen LogP contribution >= 0.6 is 0 Å². The maximum atomic E-state index is 11.4. The van der Waals surface area contributed by atoms with Crippen LogP contribution in [0.1, 0.15) is 36.2 Å². The van der Waals surface area contributed by atoms with E-state index in [1.54, 1.807) is 13.1 Å². The lowest BCUT2D eigenvalue weighted by Crippen LogP contribution is -2.39. The minimum absolute atomic E-state index is 0.217. The zero-order chi connectivity index (χ0) is 13.8. The third-order valence-corrected chi connectivity index (χ3v) is 3.76. The van der Waals surface area contributed by atoms with E-state index in [2.05, 4.69) is 20.4 Å². The van der Waals surface area contributed by atoms with Crippen molar-refractivity contribution < 1.29 is 4.79 Å². The first-order chi connectivity index (χ1) is 9.11. The highest BCUT2D eigenvalue weighted by Crippen LogP contribution is 2.24. The second-order valence-electron chi connectivity index (χ2n) is 5.04. The summed E-state index contributed by atoms with van der Waals surface area (Å²) < 4.78 is 0. The van der Waals surface area contributed by atoms with Crippen molar-refractivity contribution in [2.45, 2.75) is 37.8 Å². The predicted molar refractivity (Wildman–Crippen MR) is 74.1 cm³/mol. The Morgan fingerprint density at radius 2 is 2.00 bits per heavy atom. The molecule has 1 aliphatic carbocycles. The van der Waals surface area contributed by atoms with E-state index in [0.29, 0.717) is 17.8 Å². The van der Waals surface area contributed by atoms with Crippen LogP contribution in [0.25, 0.3) is 0 Å². The van der Waals surface area contributed by atoms with E-state index in [-0.39, 0.29) is 5.91 Å². The zero-order valence-electron chi connectivity index (χ0n) is 11.5. The summed E-state index contributed by atoms with van der Waals surface area (Å²) in [6.45, 7) is 0. The molecule has 104 valence electrons. The van der Waals surface area contributed by atoms with Crippen LogP contribution in [0.4, 0.5) is 5.82 Å². The SMILES string of the molecule is CNC(=O)c1ccc(N(C)C2CCC(N)CC2)nn1. The van der Waals surface area contributed by atoms with E-state index in [0.717, 1.165) is 31.5 Å². The van der Waals surface area contributed by atoms with Crippen molar-refractivity contribution in [3.05, 3.63) is 17.8 Å². The number of anilines is 1. The van der Waals surface area contributed by atoms with Crippen molar-refractivity contribution in [2.75, 3.05) is 19.0 Å². The molecule has 0 aliphatic heterocycles. The number of nitrogens with two attached hydrogens (primary N) is 1. The van der Waals surface area contributed by atoms with Crippen molar-refractivity contribution in [3.63, 3.8) is 0 Å². The molecule has 1 heterocycles. The van der Waals surface area contributed by atoms with Crippen LogP contribution in [0.5, 0.6) is 0 Å². The number of aromatic nitrogens is 2. The lowest BCUT2D eigenvalue weighted by atomic mass is 9.91. The van der Waals surface area contributed by atoms with Crippen molar-refractivity contribution in [3.8, 4) is 0 Å². The Hall–Kier alpha value is -1.69. The van der Waals surface area contributed by atoms with Crippen LogP contribution in [0.3, 0.4) is 0 Å². The van der Waals surface area contributed by atoms with Gasteiger partial charge >= 0.3 is 0 Å². The van der Waals surface area contributed by atoms with Gasteiger partial charge in [0, 0.05) is 26.2 Å². The van der Waals surface area contributed by atoms with Gasteiger partial charge in [-0.25, -0.2) is 0 Å². The molecule has 19 heavy (non-hydrogen) atoms. The molecule has 0 radical (unpaired) electrons. The van der Waals surface area contributed by atoms with Gasteiger partial charge in [-0.1, -0.05) is 0 Å². The smallest absolute Gasteiger partial charge is 0.271 e. The van der Waals surface area contributed by atoms with E-state index in [4.69, 9.17) is 5.73 Å². The number of nitrogens with one attached hydrogen (secondary N) is 1. The van der Waals surface area contributed by atoms with Gasteiger partial charge in [-0.2, -0.15) is 0 Å². The fraction of sp³-hybridized carbons (Fsp3) is 0.615. The Morgan fingerprint density at radius 1 is 1.32 bits per heavy atom. The zero-order valence-corrected chi connectivity index (χ0v) is 11.5. The number of carbonyl (C=O) groups excluding carboxylic acids is 1. The summed E-state index contributed by atoms with van der Waals surface area (Å²) >= 11 is 0. The first kappa shape index (κ1) is 13.7. The highest BCUT2D eigenvalue weighted by Gasteiger charge is 2.23. The molecule has 0 aromatic carbocycles. The highest BCUT2D eigenvalue weighted by atomic mass is 16.1. The third kappa shape index (κ3) is 3.20. The van der Waals surface area contributed by atoms with Gasteiger partial charge in [0.05, 0.1) is 0 Å². The Morgan fingerprint density at radius 3 is 2.53 bits per heavy atom. The fourth-order valence-corrected chi connectivity index (χ4v) is 2.44. The Balaban J connectivity index is 2.03. The fourth-order valence-electron chi connectivity index (χ4n) is 2.44. The molecule has 0 saturated heterocycles. The normalized spacial score (nSPS) is 22.9. The van der Waals surface area contributed by atoms with Gasteiger partial charge in [0.15, 0.2) is 11.5 Å². The number of hydrogen-bond acceptors (Lipinski definition) is 5. The molecule has 3 N–H and O–H groups in total. The van der Waals surface area contributed by atoms with Crippen LogP contribution in [0.2, 0.25) is 0 Å². The first-order valence-corrected chi connectivity index (χ1v) is 6.66. The summed E-state index contributed by atoms with van der Waals surface area (Å²) in [5.74, 6) is 0.582. The predicted octanol–water partition coefficient (Wildman–Crippen LogP) is 0.542. The van der Waals surface area contributed by atoms with Crippen molar-refractivity contribution >= 4 is 11.7 Å². The minimum Gasteiger partial charge on any atom is -0.355 e. The standard InChI is InChI=1S/C13H21N5O/c1-15-13(19)11-7-8-12(17-16-11)18(2)10-5-3-9(14)4-6-10/h7-10H,3-6,14H2,1-2H3,(H,15,19). The molecule has 0 unspecified atom stereocenters. The molecular formula is C13H21N5O. The molecule has 6 nitrogen and oxygen atoms in total. The molecule has 6 heteroatoms. The van der Waals surface area contributed by atoms with Gasteiger partial charge in [0.2, 0.25) is 0 Å². The van der Waals surface area contributed by atoms with E-state index >= 15 is 0 Å². The second kappa shape index (κ2) is 5.97. The maximum absolute atomic E-state index is 11.4. The summed E-state index contributed by atoms with van der Waals surface area (Å²) in [6, 6.07) is 4.34. The quantitative estimate of drug-likeness (QED) is 0.831. The minimum atomic E-state index is -0.217. The van der Waals surface area contributed by atoms with Crippen LogP contribution in [0.15, 0.2) is 12.1 Å². The van der Waals surface area contributed by atoms with Crippen molar-refractivity contribution in [2.24, 2.45) is 5.73 Å². The van der Waals surface area contributed by atoms with Crippen LogP contribution in [-0.4, -0.2) is 42.3 Å². The molecule has 1 aliphatic rings. The number of nitrogens with zero attached hydrogens (tertiary/aromatic N) is 3. The molecule has 1 amide bonds. The molecule has 0 atom stereocenters. The molecule has 1 aromatic heterocycles. The van der Waals surface area contributed by atoms with Crippen molar-refractivity contribution in [1.29, 1.82) is 0 Å². The molecule has 0 spiro atoms. The summed E-state index contributed by atoms with van der Waals surface area (Å²) in [7, 11) is 3.60. The Labute approximate surface area is 113 Å². The molecule has 0 bridgehead atoms. The first-order valence-electron chi connectivity index (χ1n) is 6.66. The molecule has 1 saturated carbocycles. The van der Waals surface area contributed by atoms with Crippen molar-refractivity contribution in [1.82, 2.24) is 15.5 Å². The van der Waals surface area contributed by atoms with Gasteiger partial charge in [-0.3, -0.25) is 4.79 Å². The average molecular weight is 263 g/mol. The number of carbonyl (C=O) groups is 1. The molecule has 1 fully saturated rings. The van der Waals surface area contributed by atoms with Gasteiger partial charge in [0.25, 0.3) is 5.91 Å². The molecule has 1 aromatic rings. The molecule has 2 rings (SSSR count).